The van der Waals surface area contributed by atoms with E-state index in [1.165, 1.54) is 6.07 Å². The van der Waals surface area contributed by atoms with Crippen molar-refractivity contribution in [2.45, 2.75) is 13.0 Å². The number of hydrogen-bond donors (Lipinski definition) is 1. The first-order valence-electron chi connectivity index (χ1n) is 6.28. The topological polar surface area (TPSA) is 39.1 Å². The van der Waals surface area contributed by atoms with Gasteiger partial charge in [-0.05, 0) is 24.1 Å². The molecule has 2 aromatic rings. The quantitative estimate of drug-likeness (QED) is 0.779. The molecule has 0 bridgehead atoms. The minimum Gasteiger partial charge on any atom is -0.383 e. The van der Waals surface area contributed by atoms with Gasteiger partial charge in [0, 0.05) is 32.6 Å². The monoisotopic (exact) mass is 263 g/mol. The number of anilines is 1. The molecule has 19 heavy (non-hydrogen) atoms. The highest BCUT2D eigenvalue weighted by molar-refractivity contribution is 5.26. The summed E-state index contributed by atoms with van der Waals surface area (Å²) in [4.78, 5) is 4.24. The zero-order valence-electron chi connectivity index (χ0n) is 11.0. The number of halogens is 1. The molecule has 0 aliphatic rings. The Morgan fingerprint density at radius 1 is 1.42 bits per heavy atom. The lowest BCUT2D eigenvalue weighted by Gasteiger charge is -2.09. The molecule has 1 aromatic carbocycles. The summed E-state index contributed by atoms with van der Waals surface area (Å²) in [7, 11) is 1.66. The molecule has 4 nitrogen and oxygen atoms in total. The molecular weight excluding hydrogens is 245 g/mol. The number of benzene rings is 1. The minimum atomic E-state index is -0.193. The molecule has 0 aliphatic carbocycles. The van der Waals surface area contributed by atoms with Crippen LogP contribution in [0.25, 0.3) is 0 Å². The largest absolute Gasteiger partial charge is 0.383 e. The van der Waals surface area contributed by atoms with Crippen molar-refractivity contribution < 1.29 is 9.13 Å². The number of imidazole rings is 1. The van der Waals surface area contributed by atoms with Crippen LogP contribution in [0.2, 0.25) is 0 Å². The highest BCUT2D eigenvalue weighted by atomic mass is 19.1. The molecule has 1 N–H and O–H groups in total. The fraction of sp³-hybridized carbons (Fsp3) is 0.357. The van der Waals surface area contributed by atoms with Gasteiger partial charge in [0.1, 0.15) is 5.82 Å². The predicted octanol–water partition coefficient (Wildman–Crippen LogP) is 2.32. The van der Waals surface area contributed by atoms with Gasteiger partial charge in [-0.2, -0.15) is 0 Å². The molecule has 0 atom stereocenters. The van der Waals surface area contributed by atoms with Gasteiger partial charge in [0.15, 0.2) is 0 Å². The molecule has 0 saturated carbocycles. The van der Waals surface area contributed by atoms with E-state index in [0.29, 0.717) is 13.2 Å². The van der Waals surface area contributed by atoms with E-state index in [9.17, 15) is 4.39 Å². The summed E-state index contributed by atoms with van der Waals surface area (Å²) < 4.78 is 20.1. The van der Waals surface area contributed by atoms with Gasteiger partial charge in [0.05, 0.1) is 6.61 Å². The second-order valence-electron chi connectivity index (χ2n) is 4.24. The number of aryl methyl sites for hydroxylation is 2. The Morgan fingerprint density at radius 3 is 3.11 bits per heavy atom. The molecule has 0 spiro atoms. The molecule has 2 rings (SSSR count). The van der Waals surface area contributed by atoms with E-state index in [1.807, 2.05) is 16.8 Å². The van der Waals surface area contributed by atoms with Crippen molar-refractivity contribution in [1.82, 2.24) is 9.55 Å². The van der Waals surface area contributed by atoms with E-state index in [2.05, 4.69) is 10.3 Å². The maximum Gasteiger partial charge on any atom is 0.202 e. The Morgan fingerprint density at radius 2 is 2.32 bits per heavy atom. The highest BCUT2D eigenvalue weighted by Crippen LogP contribution is 2.09. The van der Waals surface area contributed by atoms with E-state index in [1.54, 1.807) is 25.4 Å². The number of aromatic nitrogens is 2. The van der Waals surface area contributed by atoms with Crippen LogP contribution in [-0.4, -0.2) is 29.8 Å². The summed E-state index contributed by atoms with van der Waals surface area (Å²) in [5, 5.41) is 3.19. The van der Waals surface area contributed by atoms with E-state index in [0.717, 1.165) is 24.5 Å². The third kappa shape index (κ3) is 4.06. The molecule has 1 aromatic heterocycles. The van der Waals surface area contributed by atoms with Crippen LogP contribution in [0, 0.1) is 5.82 Å². The summed E-state index contributed by atoms with van der Waals surface area (Å²) in [6.07, 6.45) is 4.43. The standard InChI is InChI=1S/C14H18FN3O/c1-19-10-7-17-14-16-6-9-18(14)8-5-12-3-2-4-13(15)11-12/h2-4,6,9,11H,5,7-8,10H2,1H3,(H,16,17). The molecule has 0 aliphatic heterocycles. The van der Waals surface area contributed by atoms with Gasteiger partial charge in [0.2, 0.25) is 5.95 Å². The van der Waals surface area contributed by atoms with Gasteiger partial charge >= 0.3 is 0 Å². The Kier molecular flexibility index (Phi) is 4.92. The van der Waals surface area contributed by atoms with Gasteiger partial charge in [-0.3, -0.25) is 0 Å². The molecule has 0 unspecified atom stereocenters. The van der Waals surface area contributed by atoms with Gasteiger partial charge < -0.3 is 14.6 Å². The first kappa shape index (κ1) is 13.5. The Bertz CT molecular complexity index is 513. The Balaban J connectivity index is 1.90. The van der Waals surface area contributed by atoms with Crippen LogP contribution in [0.3, 0.4) is 0 Å². The molecule has 0 amide bonds. The SMILES string of the molecule is COCCNc1nccn1CCc1cccc(F)c1. The normalized spacial score (nSPS) is 10.6. The summed E-state index contributed by atoms with van der Waals surface area (Å²) in [6.45, 7) is 2.11. The summed E-state index contributed by atoms with van der Waals surface area (Å²) in [5.74, 6) is 0.620. The predicted molar refractivity (Wildman–Crippen MR) is 72.7 cm³/mol. The number of nitrogens with zero attached hydrogens (tertiary/aromatic N) is 2. The van der Waals surface area contributed by atoms with E-state index >= 15 is 0 Å². The van der Waals surface area contributed by atoms with Gasteiger partial charge in [0.25, 0.3) is 0 Å². The number of nitrogens with one attached hydrogen (secondary N) is 1. The minimum absolute atomic E-state index is 0.193. The first-order valence-corrected chi connectivity index (χ1v) is 6.28. The van der Waals surface area contributed by atoms with Gasteiger partial charge in [-0.25, -0.2) is 9.37 Å². The van der Waals surface area contributed by atoms with Crippen molar-refractivity contribution in [1.29, 1.82) is 0 Å². The zero-order valence-corrected chi connectivity index (χ0v) is 11.0. The van der Waals surface area contributed by atoms with Crippen LogP contribution in [0.5, 0.6) is 0 Å². The average Bonchev–Trinajstić information content (AvgIpc) is 2.84. The van der Waals surface area contributed by atoms with Crippen LogP contribution in [0.1, 0.15) is 5.56 Å². The maximum absolute atomic E-state index is 13.1. The summed E-state index contributed by atoms with van der Waals surface area (Å²) in [6, 6.07) is 6.68. The van der Waals surface area contributed by atoms with Crippen molar-refractivity contribution in [2.75, 3.05) is 25.6 Å². The lowest BCUT2D eigenvalue weighted by molar-refractivity contribution is 0.210. The lowest BCUT2D eigenvalue weighted by Crippen LogP contribution is -2.13. The second kappa shape index (κ2) is 6.89. The van der Waals surface area contributed by atoms with Crippen molar-refractivity contribution >= 4 is 5.95 Å². The fourth-order valence-corrected chi connectivity index (χ4v) is 1.86. The number of methoxy groups -OCH3 is 1. The second-order valence-corrected chi connectivity index (χ2v) is 4.24. The van der Waals surface area contributed by atoms with E-state index < -0.39 is 0 Å². The van der Waals surface area contributed by atoms with Gasteiger partial charge in [-0.1, -0.05) is 12.1 Å². The first-order chi connectivity index (χ1) is 9.29. The highest BCUT2D eigenvalue weighted by Gasteiger charge is 2.02. The van der Waals surface area contributed by atoms with Gasteiger partial charge in [-0.15, -0.1) is 0 Å². The smallest absolute Gasteiger partial charge is 0.202 e. The molecule has 0 radical (unpaired) electrons. The van der Waals surface area contributed by atoms with Crippen LogP contribution < -0.4 is 5.32 Å². The average molecular weight is 263 g/mol. The fourth-order valence-electron chi connectivity index (χ4n) is 1.86. The Hall–Kier alpha value is -1.88. The number of hydrogen-bond acceptors (Lipinski definition) is 3. The van der Waals surface area contributed by atoms with E-state index in [4.69, 9.17) is 4.74 Å². The third-order valence-corrected chi connectivity index (χ3v) is 2.84. The molecule has 0 fully saturated rings. The molecular formula is C14H18FN3O. The maximum atomic E-state index is 13.1. The number of ether oxygens (including phenoxy) is 1. The van der Waals surface area contributed by atoms with Crippen LogP contribution in [-0.2, 0) is 17.7 Å². The van der Waals surface area contributed by atoms with Crippen molar-refractivity contribution in [3.8, 4) is 0 Å². The summed E-state index contributed by atoms with van der Waals surface area (Å²) in [5.41, 5.74) is 0.983. The van der Waals surface area contributed by atoms with Crippen molar-refractivity contribution in [3.63, 3.8) is 0 Å². The van der Waals surface area contributed by atoms with Crippen LogP contribution >= 0.6 is 0 Å². The third-order valence-electron chi connectivity index (χ3n) is 2.84. The lowest BCUT2D eigenvalue weighted by atomic mass is 10.1. The van der Waals surface area contributed by atoms with Crippen molar-refractivity contribution in [2.24, 2.45) is 0 Å². The molecule has 1 heterocycles. The number of rotatable bonds is 7. The van der Waals surface area contributed by atoms with E-state index in [-0.39, 0.29) is 5.82 Å². The van der Waals surface area contributed by atoms with Crippen molar-refractivity contribution in [3.05, 3.63) is 48.0 Å². The Labute approximate surface area is 112 Å². The van der Waals surface area contributed by atoms with Crippen LogP contribution in [0.15, 0.2) is 36.7 Å². The summed E-state index contributed by atoms with van der Waals surface area (Å²) >= 11 is 0. The molecule has 0 saturated heterocycles. The zero-order chi connectivity index (χ0) is 13.5. The van der Waals surface area contributed by atoms with Crippen LogP contribution in [0.4, 0.5) is 10.3 Å². The molecule has 5 heteroatoms. The molecule has 102 valence electrons.